The van der Waals surface area contributed by atoms with Gasteiger partial charge in [-0.15, -0.1) is 0 Å². The Morgan fingerprint density at radius 1 is 1.35 bits per heavy atom. The Bertz CT molecular complexity index is 415. The molecule has 1 fully saturated rings. The molecule has 2 rings (SSSR count). The van der Waals surface area contributed by atoms with E-state index in [2.05, 4.69) is 28.2 Å². The largest absolute Gasteiger partial charge is 0.314 e. The van der Waals surface area contributed by atoms with Gasteiger partial charge >= 0.3 is 0 Å². The summed E-state index contributed by atoms with van der Waals surface area (Å²) >= 11 is 3.31. The molecule has 1 saturated carbocycles. The predicted molar refractivity (Wildman–Crippen MR) is 86.5 cm³/mol. The molecule has 1 aromatic rings. The smallest absolute Gasteiger partial charge is 0.127 e. The van der Waals surface area contributed by atoms with Crippen LogP contribution in [0.2, 0.25) is 0 Å². The number of hydrogen-bond donors (Lipinski definition) is 1. The van der Waals surface area contributed by atoms with Crippen LogP contribution in [0.25, 0.3) is 0 Å². The van der Waals surface area contributed by atoms with Crippen molar-refractivity contribution in [1.82, 2.24) is 5.32 Å². The summed E-state index contributed by atoms with van der Waals surface area (Å²) < 4.78 is 14.7. The molecule has 0 spiro atoms. The Hall–Kier alpha value is -0.410. The van der Waals surface area contributed by atoms with Crippen molar-refractivity contribution in [2.24, 2.45) is 5.92 Å². The van der Waals surface area contributed by atoms with Crippen molar-refractivity contribution in [3.63, 3.8) is 0 Å². The first-order valence-electron chi connectivity index (χ1n) is 7.88. The third kappa shape index (κ3) is 4.56. The van der Waals surface area contributed by atoms with Crippen LogP contribution in [0.3, 0.4) is 0 Å². The second-order valence-electron chi connectivity index (χ2n) is 5.88. The van der Waals surface area contributed by atoms with Crippen molar-refractivity contribution in [1.29, 1.82) is 0 Å². The van der Waals surface area contributed by atoms with Gasteiger partial charge in [0.05, 0.1) is 0 Å². The molecule has 1 nitrogen and oxygen atoms in total. The van der Waals surface area contributed by atoms with Gasteiger partial charge in [-0.1, -0.05) is 41.8 Å². The van der Waals surface area contributed by atoms with Gasteiger partial charge in [0.2, 0.25) is 0 Å². The van der Waals surface area contributed by atoms with Crippen molar-refractivity contribution >= 4 is 15.9 Å². The van der Waals surface area contributed by atoms with Gasteiger partial charge < -0.3 is 5.32 Å². The summed E-state index contributed by atoms with van der Waals surface area (Å²) in [6.45, 7) is 3.27. The third-order valence-corrected chi connectivity index (χ3v) is 4.86. The molecule has 1 aliphatic rings. The van der Waals surface area contributed by atoms with E-state index in [1.807, 2.05) is 12.1 Å². The van der Waals surface area contributed by atoms with Crippen LogP contribution in [-0.4, -0.2) is 12.6 Å². The Morgan fingerprint density at radius 3 is 2.75 bits per heavy atom. The molecule has 112 valence electrons. The van der Waals surface area contributed by atoms with E-state index in [-0.39, 0.29) is 5.82 Å². The first-order chi connectivity index (χ1) is 9.70. The highest BCUT2D eigenvalue weighted by Gasteiger charge is 2.24. The van der Waals surface area contributed by atoms with Crippen LogP contribution in [0.5, 0.6) is 0 Å². The first-order valence-corrected chi connectivity index (χ1v) is 8.67. The normalized spacial score (nSPS) is 17.6. The first kappa shape index (κ1) is 16.0. The maximum absolute atomic E-state index is 13.9. The highest BCUT2D eigenvalue weighted by Crippen LogP contribution is 2.30. The Balaban J connectivity index is 1.93. The fourth-order valence-corrected chi connectivity index (χ4v) is 3.56. The molecular formula is C17H25BrFN. The Labute approximate surface area is 130 Å². The quantitative estimate of drug-likeness (QED) is 0.729. The predicted octanol–water partition coefficient (Wildman–Crippen LogP) is 5.08. The van der Waals surface area contributed by atoms with E-state index in [1.165, 1.54) is 25.7 Å². The van der Waals surface area contributed by atoms with Crippen LogP contribution >= 0.6 is 15.9 Å². The number of nitrogens with one attached hydrogen (secondary N) is 1. The lowest BCUT2D eigenvalue weighted by Crippen LogP contribution is -2.36. The molecule has 0 aromatic heterocycles. The van der Waals surface area contributed by atoms with Crippen LogP contribution in [0.4, 0.5) is 4.39 Å². The second-order valence-corrected chi connectivity index (χ2v) is 6.80. The van der Waals surface area contributed by atoms with E-state index in [9.17, 15) is 4.39 Å². The van der Waals surface area contributed by atoms with Crippen LogP contribution in [0.15, 0.2) is 22.7 Å². The van der Waals surface area contributed by atoms with E-state index in [0.29, 0.717) is 6.04 Å². The van der Waals surface area contributed by atoms with Crippen molar-refractivity contribution < 1.29 is 4.39 Å². The Morgan fingerprint density at radius 2 is 2.10 bits per heavy atom. The second kappa shape index (κ2) is 8.14. The molecule has 0 aliphatic heterocycles. The number of aryl methyl sites for hydroxylation is 1. The molecule has 0 radical (unpaired) electrons. The van der Waals surface area contributed by atoms with Gasteiger partial charge in [-0.2, -0.15) is 0 Å². The summed E-state index contributed by atoms with van der Waals surface area (Å²) in [7, 11) is 0. The zero-order valence-electron chi connectivity index (χ0n) is 12.3. The minimum absolute atomic E-state index is 0.0833. The van der Waals surface area contributed by atoms with Gasteiger partial charge in [0.15, 0.2) is 0 Å². The molecule has 1 atom stereocenters. The molecule has 20 heavy (non-hydrogen) atoms. The topological polar surface area (TPSA) is 12.0 Å². The molecule has 0 heterocycles. The highest BCUT2D eigenvalue weighted by molar-refractivity contribution is 9.10. The lowest BCUT2D eigenvalue weighted by Gasteiger charge is -2.25. The molecule has 0 amide bonds. The van der Waals surface area contributed by atoms with Gasteiger partial charge in [0, 0.05) is 10.5 Å². The molecule has 0 bridgehead atoms. The van der Waals surface area contributed by atoms with Gasteiger partial charge in [-0.25, -0.2) is 4.39 Å². The summed E-state index contributed by atoms with van der Waals surface area (Å²) in [6, 6.07) is 5.97. The summed E-state index contributed by atoms with van der Waals surface area (Å²) in [6.07, 6.45) is 8.44. The van der Waals surface area contributed by atoms with Gasteiger partial charge in [-0.05, 0) is 62.3 Å². The van der Waals surface area contributed by atoms with E-state index in [4.69, 9.17) is 0 Å². The summed E-state index contributed by atoms with van der Waals surface area (Å²) in [5.41, 5.74) is 0.842. The van der Waals surface area contributed by atoms with Crippen LogP contribution in [-0.2, 0) is 6.42 Å². The average molecular weight is 342 g/mol. The molecule has 1 unspecified atom stereocenters. The molecule has 3 heteroatoms. The zero-order chi connectivity index (χ0) is 14.4. The van der Waals surface area contributed by atoms with Gasteiger partial charge in [-0.3, -0.25) is 0 Å². The van der Waals surface area contributed by atoms with Crippen LogP contribution < -0.4 is 5.32 Å². The van der Waals surface area contributed by atoms with Crippen molar-refractivity contribution in [3.8, 4) is 0 Å². The highest BCUT2D eigenvalue weighted by atomic mass is 79.9. The van der Waals surface area contributed by atoms with Crippen molar-refractivity contribution in [2.75, 3.05) is 6.54 Å². The molecule has 1 aliphatic carbocycles. The summed E-state index contributed by atoms with van der Waals surface area (Å²) in [5, 5.41) is 3.68. The molecular weight excluding hydrogens is 317 g/mol. The van der Waals surface area contributed by atoms with E-state index >= 15 is 0 Å². The van der Waals surface area contributed by atoms with Crippen LogP contribution in [0, 0.1) is 11.7 Å². The number of hydrogen-bond acceptors (Lipinski definition) is 1. The van der Waals surface area contributed by atoms with E-state index in [0.717, 1.165) is 41.8 Å². The maximum atomic E-state index is 13.9. The maximum Gasteiger partial charge on any atom is 0.127 e. The lowest BCUT2D eigenvalue weighted by molar-refractivity contribution is 0.339. The van der Waals surface area contributed by atoms with E-state index < -0.39 is 0 Å². The van der Waals surface area contributed by atoms with Gasteiger partial charge in [0.1, 0.15) is 5.82 Å². The van der Waals surface area contributed by atoms with Gasteiger partial charge in [0.25, 0.3) is 0 Å². The van der Waals surface area contributed by atoms with Crippen LogP contribution in [0.1, 0.15) is 51.0 Å². The van der Waals surface area contributed by atoms with E-state index in [1.54, 1.807) is 6.07 Å². The minimum atomic E-state index is -0.0833. The molecule has 0 saturated heterocycles. The number of halogens is 2. The Kier molecular flexibility index (Phi) is 6.50. The third-order valence-electron chi connectivity index (χ3n) is 4.37. The standard InChI is InChI=1S/C17H25BrFN/c1-2-11-20-17(14-5-3-4-6-14)10-8-13-7-9-15(18)12-16(13)19/h7,9,12,14,17,20H,2-6,8,10-11H2,1H3. The number of rotatable bonds is 7. The van der Waals surface area contributed by atoms with Crippen molar-refractivity contribution in [3.05, 3.63) is 34.1 Å². The monoisotopic (exact) mass is 341 g/mol. The lowest BCUT2D eigenvalue weighted by atomic mass is 9.92. The molecule has 1 aromatic carbocycles. The fourth-order valence-electron chi connectivity index (χ4n) is 3.23. The summed E-state index contributed by atoms with van der Waals surface area (Å²) in [5.74, 6) is 0.708. The number of benzene rings is 1. The SMILES string of the molecule is CCCNC(CCc1ccc(Br)cc1F)C1CCCC1. The molecule has 1 N–H and O–H groups in total. The summed E-state index contributed by atoms with van der Waals surface area (Å²) in [4.78, 5) is 0. The van der Waals surface area contributed by atoms with Crippen molar-refractivity contribution in [2.45, 2.75) is 57.9 Å². The average Bonchev–Trinajstić information content (AvgIpc) is 2.95. The fraction of sp³-hybridized carbons (Fsp3) is 0.647. The zero-order valence-corrected chi connectivity index (χ0v) is 13.9. The minimum Gasteiger partial charge on any atom is -0.314 e.